The lowest BCUT2D eigenvalue weighted by Crippen LogP contribution is -2.26. The molecule has 1 aliphatic heterocycles. The molecular weight excluding hydrogens is 342 g/mol. The van der Waals surface area contributed by atoms with Crippen LogP contribution in [0.25, 0.3) is 0 Å². The number of aromatic nitrogens is 2. The highest BCUT2D eigenvalue weighted by molar-refractivity contribution is 5.95. The Bertz CT molecular complexity index is 927. The zero-order valence-corrected chi connectivity index (χ0v) is 15.9. The summed E-state index contributed by atoms with van der Waals surface area (Å²) in [6, 6.07) is 7.60. The molecule has 1 saturated carbocycles. The number of rotatable bonds is 6. The zero-order valence-electron chi connectivity index (χ0n) is 15.9. The van der Waals surface area contributed by atoms with Gasteiger partial charge < -0.3 is 9.47 Å². The molecule has 2 aliphatic rings. The summed E-state index contributed by atoms with van der Waals surface area (Å²) < 4.78 is 12.9. The van der Waals surface area contributed by atoms with Gasteiger partial charge in [0.15, 0.2) is 5.82 Å². The topological polar surface area (TPSA) is 65.7 Å². The molecule has 1 aromatic heterocycles. The fourth-order valence-corrected chi connectivity index (χ4v) is 3.93. The van der Waals surface area contributed by atoms with Crippen LogP contribution in [0.5, 0.6) is 17.5 Å². The van der Waals surface area contributed by atoms with Gasteiger partial charge in [0.2, 0.25) is 0 Å². The first kappa shape index (κ1) is 17.8. The molecule has 0 saturated heterocycles. The third-order valence-corrected chi connectivity index (χ3v) is 5.34. The lowest BCUT2D eigenvalue weighted by Gasteiger charge is -2.13. The molecule has 0 bridgehead atoms. The molecule has 27 heavy (non-hydrogen) atoms. The summed E-state index contributed by atoms with van der Waals surface area (Å²) in [6.07, 6.45) is 6.29. The number of aliphatic imine (C=N–C) groups is 1. The molecule has 1 aromatic carbocycles. The number of hydrogen-bond acceptors (Lipinski definition) is 5. The third kappa shape index (κ3) is 3.48. The average molecular weight is 367 g/mol. The number of nitrogens with zero attached hydrogens (tertiary/aromatic N) is 3. The Morgan fingerprint density at radius 2 is 2.00 bits per heavy atom. The quantitative estimate of drug-likeness (QED) is 0.765. The minimum Gasteiger partial charge on any atom is -0.497 e. The van der Waals surface area contributed by atoms with Crippen molar-refractivity contribution < 1.29 is 9.47 Å². The van der Waals surface area contributed by atoms with Gasteiger partial charge in [-0.15, -0.1) is 0 Å². The highest BCUT2D eigenvalue weighted by atomic mass is 16.5. The average Bonchev–Trinajstić information content (AvgIpc) is 3.34. The summed E-state index contributed by atoms with van der Waals surface area (Å²) in [4.78, 5) is 22.4. The standard InChI is InChI=1S/C21H25N3O3/c1-3-11-24-20(25)17-13-18(14-7-4-5-8-14)22-19(17)23-21(24)27-16-10-6-9-15(12-16)26-2/h6,9-10,12,14H,3-5,7-8,11,13H2,1-2H3. The molecular formula is C21H25N3O3. The number of hydrogen-bond donors (Lipinski definition) is 0. The first-order valence-corrected chi connectivity index (χ1v) is 9.72. The van der Waals surface area contributed by atoms with Crippen molar-refractivity contribution >= 4 is 11.5 Å². The van der Waals surface area contributed by atoms with Crippen LogP contribution in [0, 0.1) is 5.92 Å². The highest BCUT2D eigenvalue weighted by Gasteiger charge is 2.29. The van der Waals surface area contributed by atoms with Gasteiger partial charge in [-0.3, -0.25) is 9.36 Å². The van der Waals surface area contributed by atoms with Crippen LogP contribution in [0.4, 0.5) is 5.82 Å². The lowest BCUT2D eigenvalue weighted by atomic mass is 9.98. The van der Waals surface area contributed by atoms with Gasteiger partial charge in [0.1, 0.15) is 11.5 Å². The van der Waals surface area contributed by atoms with E-state index in [-0.39, 0.29) is 5.56 Å². The van der Waals surface area contributed by atoms with Gasteiger partial charge in [-0.25, -0.2) is 4.99 Å². The molecule has 4 rings (SSSR count). The van der Waals surface area contributed by atoms with E-state index in [0.29, 0.717) is 47.8 Å². The van der Waals surface area contributed by atoms with E-state index >= 15 is 0 Å². The summed E-state index contributed by atoms with van der Waals surface area (Å²) in [5.74, 6) is 2.32. The van der Waals surface area contributed by atoms with Crippen LogP contribution in [-0.2, 0) is 13.0 Å². The molecule has 6 nitrogen and oxygen atoms in total. The Morgan fingerprint density at radius 3 is 2.74 bits per heavy atom. The molecule has 0 amide bonds. The number of benzene rings is 1. The van der Waals surface area contributed by atoms with Crippen molar-refractivity contribution in [2.45, 2.75) is 52.0 Å². The fraction of sp³-hybridized carbons (Fsp3) is 0.476. The third-order valence-electron chi connectivity index (χ3n) is 5.34. The van der Waals surface area contributed by atoms with Crippen molar-refractivity contribution in [1.29, 1.82) is 0 Å². The van der Waals surface area contributed by atoms with Crippen LogP contribution in [0.1, 0.15) is 44.6 Å². The lowest BCUT2D eigenvalue weighted by molar-refractivity contribution is 0.385. The van der Waals surface area contributed by atoms with Crippen molar-refractivity contribution in [3.8, 4) is 17.5 Å². The maximum absolute atomic E-state index is 13.1. The predicted octanol–water partition coefficient (Wildman–Crippen LogP) is 4.27. The SMILES string of the molecule is CCCn1c(Oc2cccc(OC)c2)nc2c(c1=O)CC(C1CCCC1)=N2. The number of methoxy groups -OCH3 is 1. The van der Waals surface area contributed by atoms with E-state index in [9.17, 15) is 4.79 Å². The van der Waals surface area contributed by atoms with E-state index in [2.05, 4.69) is 4.98 Å². The summed E-state index contributed by atoms with van der Waals surface area (Å²) in [6.45, 7) is 2.60. The molecule has 0 unspecified atom stereocenters. The monoisotopic (exact) mass is 367 g/mol. The van der Waals surface area contributed by atoms with Crippen LogP contribution in [0.15, 0.2) is 34.1 Å². The maximum Gasteiger partial charge on any atom is 0.306 e. The first-order chi connectivity index (χ1) is 13.2. The molecule has 142 valence electrons. The molecule has 0 atom stereocenters. The first-order valence-electron chi connectivity index (χ1n) is 9.72. The second-order valence-electron chi connectivity index (χ2n) is 7.20. The minimum absolute atomic E-state index is 0.0310. The van der Waals surface area contributed by atoms with Crippen molar-refractivity contribution in [2.75, 3.05) is 7.11 Å². The second kappa shape index (κ2) is 7.55. The number of ether oxygens (including phenoxy) is 2. The van der Waals surface area contributed by atoms with E-state index in [1.807, 2.05) is 25.1 Å². The second-order valence-corrected chi connectivity index (χ2v) is 7.20. The Balaban J connectivity index is 1.71. The van der Waals surface area contributed by atoms with E-state index in [0.717, 1.165) is 12.1 Å². The molecule has 1 fully saturated rings. The van der Waals surface area contributed by atoms with E-state index < -0.39 is 0 Å². The van der Waals surface area contributed by atoms with E-state index in [1.165, 1.54) is 25.7 Å². The van der Waals surface area contributed by atoms with Crippen molar-refractivity contribution in [2.24, 2.45) is 10.9 Å². The normalized spacial score (nSPS) is 16.3. The Labute approximate surface area is 158 Å². The van der Waals surface area contributed by atoms with Crippen molar-refractivity contribution in [3.63, 3.8) is 0 Å². The summed E-state index contributed by atoms with van der Waals surface area (Å²) in [5, 5.41) is 0. The smallest absolute Gasteiger partial charge is 0.306 e. The van der Waals surface area contributed by atoms with Crippen LogP contribution in [-0.4, -0.2) is 22.4 Å². The van der Waals surface area contributed by atoms with Crippen LogP contribution < -0.4 is 15.0 Å². The Hall–Kier alpha value is -2.63. The van der Waals surface area contributed by atoms with Gasteiger partial charge in [0.25, 0.3) is 5.56 Å². The van der Waals surface area contributed by atoms with E-state index in [4.69, 9.17) is 14.5 Å². The van der Waals surface area contributed by atoms with Gasteiger partial charge in [-0.2, -0.15) is 4.98 Å². The molecule has 0 radical (unpaired) electrons. The maximum atomic E-state index is 13.1. The summed E-state index contributed by atoms with van der Waals surface area (Å²) in [7, 11) is 1.61. The van der Waals surface area contributed by atoms with Gasteiger partial charge in [-0.05, 0) is 37.3 Å². The molecule has 1 aliphatic carbocycles. The largest absolute Gasteiger partial charge is 0.497 e. The van der Waals surface area contributed by atoms with E-state index in [1.54, 1.807) is 17.7 Å². The van der Waals surface area contributed by atoms with Crippen molar-refractivity contribution in [1.82, 2.24) is 9.55 Å². The number of fused-ring (bicyclic) bond motifs is 1. The highest BCUT2D eigenvalue weighted by Crippen LogP contribution is 2.34. The summed E-state index contributed by atoms with van der Waals surface area (Å²) >= 11 is 0. The zero-order chi connectivity index (χ0) is 18.8. The molecule has 2 aromatic rings. The van der Waals surface area contributed by atoms with Crippen LogP contribution in [0.2, 0.25) is 0 Å². The van der Waals surface area contributed by atoms with Crippen LogP contribution in [0.3, 0.4) is 0 Å². The molecule has 2 heterocycles. The minimum atomic E-state index is -0.0310. The van der Waals surface area contributed by atoms with Gasteiger partial charge in [0.05, 0.1) is 12.7 Å². The molecule has 6 heteroatoms. The Morgan fingerprint density at radius 1 is 1.22 bits per heavy atom. The van der Waals surface area contributed by atoms with Gasteiger partial charge >= 0.3 is 6.01 Å². The van der Waals surface area contributed by atoms with Crippen molar-refractivity contribution in [3.05, 3.63) is 40.2 Å². The molecule has 0 spiro atoms. The fourth-order valence-electron chi connectivity index (χ4n) is 3.93. The molecule has 0 N–H and O–H groups in total. The van der Waals surface area contributed by atoms with Gasteiger partial charge in [0, 0.05) is 24.7 Å². The van der Waals surface area contributed by atoms with Gasteiger partial charge in [-0.1, -0.05) is 25.8 Å². The Kier molecular flexibility index (Phi) is 4.97. The summed E-state index contributed by atoms with van der Waals surface area (Å²) in [5.41, 5.74) is 1.80. The predicted molar refractivity (Wildman–Crippen MR) is 105 cm³/mol. The van der Waals surface area contributed by atoms with Crippen LogP contribution >= 0.6 is 0 Å².